The third-order valence-electron chi connectivity index (χ3n) is 5.83. The fourth-order valence-electron chi connectivity index (χ4n) is 3.80. The highest BCUT2D eigenvalue weighted by Gasteiger charge is 2.56. The summed E-state index contributed by atoms with van der Waals surface area (Å²) in [4.78, 5) is 27.7. The first-order valence-corrected chi connectivity index (χ1v) is 10.3. The minimum absolute atomic E-state index is 0.231. The van der Waals surface area contributed by atoms with E-state index in [9.17, 15) is 14.0 Å². The van der Waals surface area contributed by atoms with Crippen molar-refractivity contribution in [1.82, 2.24) is 5.32 Å². The highest BCUT2D eigenvalue weighted by atomic mass is 19.1. The van der Waals surface area contributed by atoms with Crippen LogP contribution in [0.25, 0.3) is 0 Å². The van der Waals surface area contributed by atoms with Gasteiger partial charge in [-0.15, -0.1) is 0 Å². The van der Waals surface area contributed by atoms with Crippen LogP contribution in [0.2, 0.25) is 0 Å². The topological polar surface area (TPSA) is 61.4 Å². The molecule has 2 aromatic rings. The number of halogens is 1. The fraction of sp³-hybridized carbons (Fsp3) is 0.391. The molecule has 2 amide bonds. The van der Waals surface area contributed by atoms with Crippen LogP contribution in [-0.4, -0.2) is 31.4 Å². The molecule has 4 rings (SSSR count). The van der Waals surface area contributed by atoms with Gasteiger partial charge in [-0.25, -0.2) is 4.39 Å². The summed E-state index contributed by atoms with van der Waals surface area (Å²) in [5.41, 5.74) is 1.86. The Morgan fingerprint density at radius 1 is 0.931 bits per heavy atom. The Bertz CT molecular complexity index is 870. The van der Waals surface area contributed by atoms with Crippen LogP contribution in [0.5, 0.6) is 0 Å². The molecule has 1 aliphatic carbocycles. The lowest BCUT2D eigenvalue weighted by Gasteiger charge is -2.19. The predicted octanol–water partition coefficient (Wildman–Crippen LogP) is 3.50. The molecule has 2 N–H and O–H groups in total. The van der Waals surface area contributed by atoms with E-state index >= 15 is 0 Å². The van der Waals surface area contributed by atoms with Crippen molar-refractivity contribution in [3.05, 3.63) is 59.9 Å². The Labute approximate surface area is 170 Å². The molecule has 0 atom stereocenters. The van der Waals surface area contributed by atoms with E-state index in [1.165, 1.54) is 30.7 Å². The number of hydrogen-bond acceptors (Lipinski definition) is 3. The van der Waals surface area contributed by atoms with Gasteiger partial charge in [0.25, 0.3) is 0 Å². The molecule has 29 heavy (non-hydrogen) atoms. The molecule has 1 saturated heterocycles. The summed E-state index contributed by atoms with van der Waals surface area (Å²) in [5.74, 6) is -0.753. The van der Waals surface area contributed by atoms with Crippen LogP contribution in [-0.2, 0) is 16.0 Å². The van der Waals surface area contributed by atoms with Crippen molar-refractivity contribution in [3.63, 3.8) is 0 Å². The molecular weight excluding hydrogens is 369 g/mol. The van der Waals surface area contributed by atoms with Gasteiger partial charge >= 0.3 is 0 Å². The van der Waals surface area contributed by atoms with Crippen molar-refractivity contribution < 1.29 is 14.0 Å². The first-order valence-electron chi connectivity index (χ1n) is 10.3. The van der Waals surface area contributed by atoms with Crippen molar-refractivity contribution in [2.45, 2.75) is 32.1 Å². The molecule has 0 radical (unpaired) electrons. The lowest BCUT2D eigenvalue weighted by Crippen LogP contribution is -2.40. The van der Waals surface area contributed by atoms with E-state index in [0.29, 0.717) is 31.5 Å². The molecule has 6 heteroatoms. The van der Waals surface area contributed by atoms with Crippen LogP contribution < -0.4 is 15.5 Å². The van der Waals surface area contributed by atoms with Crippen molar-refractivity contribution in [3.8, 4) is 0 Å². The monoisotopic (exact) mass is 395 g/mol. The van der Waals surface area contributed by atoms with E-state index in [2.05, 4.69) is 15.5 Å². The van der Waals surface area contributed by atoms with Gasteiger partial charge in [0.15, 0.2) is 0 Å². The molecule has 152 valence electrons. The molecule has 1 heterocycles. The molecule has 5 nitrogen and oxygen atoms in total. The maximum Gasteiger partial charge on any atom is 0.240 e. The van der Waals surface area contributed by atoms with Gasteiger partial charge in [-0.05, 0) is 74.1 Å². The summed E-state index contributed by atoms with van der Waals surface area (Å²) < 4.78 is 13.0. The molecule has 1 saturated carbocycles. The molecule has 0 spiro atoms. The van der Waals surface area contributed by atoms with Crippen LogP contribution in [0.1, 0.15) is 31.2 Å². The average Bonchev–Trinajstić information content (AvgIpc) is 3.37. The van der Waals surface area contributed by atoms with E-state index in [1.807, 2.05) is 24.3 Å². The Hall–Kier alpha value is -2.89. The third-order valence-corrected chi connectivity index (χ3v) is 5.83. The molecule has 2 fully saturated rings. The zero-order chi connectivity index (χ0) is 20.3. The Morgan fingerprint density at radius 3 is 2.21 bits per heavy atom. The van der Waals surface area contributed by atoms with Crippen molar-refractivity contribution in [2.75, 3.05) is 29.9 Å². The highest BCUT2D eigenvalue weighted by molar-refractivity contribution is 6.13. The summed E-state index contributed by atoms with van der Waals surface area (Å²) in [7, 11) is 0. The number of nitrogens with one attached hydrogen (secondary N) is 2. The molecular formula is C23H26FN3O2. The van der Waals surface area contributed by atoms with Crippen molar-refractivity contribution in [2.24, 2.45) is 5.41 Å². The maximum atomic E-state index is 13.0. The first-order chi connectivity index (χ1) is 14.1. The second kappa shape index (κ2) is 8.23. The number of hydrogen-bond donors (Lipinski definition) is 2. The Kier molecular flexibility index (Phi) is 5.51. The fourth-order valence-corrected chi connectivity index (χ4v) is 3.80. The number of carbonyl (C=O) groups excluding carboxylic acids is 2. The lowest BCUT2D eigenvalue weighted by molar-refractivity contribution is -0.134. The largest absolute Gasteiger partial charge is 0.372 e. The number of amides is 2. The minimum atomic E-state index is -0.962. The van der Waals surface area contributed by atoms with Crippen molar-refractivity contribution in [1.29, 1.82) is 0 Å². The van der Waals surface area contributed by atoms with Gasteiger partial charge in [-0.2, -0.15) is 0 Å². The van der Waals surface area contributed by atoms with Gasteiger partial charge in [0.1, 0.15) is 11.2 Å². The zero-order valence-corrected chi connectivity index (χ0v) is 16.4. The molecule has 0 bridgehead atoms. The van der Waals surface area contributed by atoms with Crippen LogP contribution in [0, 0.1) is 11.2 Å². The van der Waals surface area contributed by atoms with Gasteiger partial charge in [0.05, 0.1) is 0 Å². The van der Waals surface area contributed by atoms with Gasteiger partial charge < -0.3 is 15.5 Å². The minimum Gasteiger partial charge on any atom is -0.372 e. The number of nitrogens with zero attached hydrogens (tertiary/aromatic N) is 1. The number of benzene rings is 2. The normalized spacial score (nSPS) is 17.1. The Morgan fingerprint density at radius 2 is 1.59 bits per heavy atom. The van der Waals surface area contributed by atoms with Gasteiger partial charge in [-0.3, -0.25) is 9.59 Å². The van der Waals surface area contributed by atoms with Crippen LogP contribution >= 0.6 is 0 Å². The molecule has 2 aromatic carbocycles. The predicted molar refractivity (Wildman–Crippen MR) is 111 cm³/mol. The maximum absolute atomic E-state index is 13.0. The number of carbonyl (C=O) groups is 2. The van der Waals surface area contributed by atoms with Crippen LogP contribution in [0.3, 0.4) is 0 Å². The molecule has 0 unspecified atom stereocenters. The standard InChI is InChI=1S/C23H26FN3O2/c24-18-5-3-17(4-6-18)11-14-25-21(28)23(12-13-23)22(29)26-19-7-9-20(10-8-19)27-15-1-2-16-27/h3-10H,1-2,11-16H2,(H,25,28)(H,26,29). The van der Waals surface area contributed by atoms with E-state index < -0.39 is 5.41 Å². The van der Waals surface area contributed by atoms with Gasteiger partial charge in [0.2, 0.25) is 11.8 Å². The van der Waals surface area contributed by atoms with E-state index in [0.717, 1.165) is 18.7 Å². The summed E-state index contributed by atoms with van der Waals surface area (Å²) in [6.07, 6.45) is 4.16. The van der Waals surface area contributed by atoms with Gasteiger partial charge in [0, 0.05) is 31.0 Å². The first kappa shape index (κ1) is 19.4. The molecule has 0 aromatic heterocycles. The second-order valence-corrected chi connectivity index (χ2v) is 7.91. The van der Waals surface area contributed by atoms with E-state index in [1.54, 1.807) is 12.1 Å². The summed E-state index contributed by atoms with van der Waals surface area (Å²) >= 11 is 0. The SMILES string of the molecule is O=C(NCCc1ccc(F)cc1)C1(C(=O)Nc2ccc(N3CCCC3)cc2)CC1. The van der Waals surface area contributed by atoms with Crippen molar-refractivity contribution >= 4 is 23.2 Å². The van der Waals surface area contributed by atoms with E-state index in [4.69, 9.17) is 0 Å². The summed E-state index contributed by atoms with van der Waals surface area (Å²) in [6.45, 7) is 2.57. The molecule has 1 aliphatic heterocycles. The smallest absolute Gasteiger partial charge is 0.240 e. The highest BCUT2D eigenvalue weighted by Crippen LogP contribution is 2.46. The summed E-state index contributed by atoms with van der Waals surface area (Å²) in [5, 5.41) is 5.76. The van der Waals surface area contributed by atoms with E-state index in [-0.39, 0.29) is 17.6 Å². The number of rotatable bonds is 7. The second-order valence-electron chi connectivity index (χ2n) is 7.91. The van der Waals surface area contributed by atoms with Gasteiger partial charge in [-0.1, -0.05) is 12.1 Å². The molecule has 2 aliphatic rings. The van der Waals surface area contributed by atoms with Crippen LogP contribution in [0.15, 0.2) is 48.5 Å². The number of anilines is 2. The van der Waals surface area contributed by atoms with Crippen LogP contribution in [0.4, 0.5) is 15.8 Å². The zero-order valence-electron chi connectivity index (χ0n) is 16.4. The average molecular weight is 395 g/mol. The quantitative estimate of drug-likeness (QED) is 0.706. The lowest BCUT2D eigenvalue weighted by atomic mass is 10.0. The Balaban J connectivity index is 1.29. The third kappa shape index (κ3) is 4.42. The summed E-state index contributed by atoms with van der Waals surface area (Å²) in [6, 6.07) is 14.0.